The number of pyridine rings is 1. The third-order valence-electron chi connectivity index (χ3n) is 6.71. The number of aryl methyl sites for hydroxylation is 1. The van der Waals surface area contributed by atoms with E-state index in [-0.39, 0.29) is 11.8 Å². The maximum atomic E-state index is 12.8. The molecule has 0 bridgehead atoms. The van der Waals surface area contributed by atoms with Crippen LogP contribution in [0.15, 0.2) is 24.5 Å². The molecule has 2 aromatic heterocycles. The Morgan fingerprint density at radius 3 is 2.65 bits per heavy atom. The third kappa shape index (κ3) is 4.63. The van der Waals surface area contributed by atoms with Gasteiger partial charge in [-0.15, -0.1) is 0 Å². The van der Waals surface area contributed by atoms with Crippen LogP contribution in [0.4, 0.5) is 23.1 Å². The molecule has 4 heterocycles. The standard InChI is InChI=1S/C23H30N6O2/c30-22-18(16-4-2-1-3-5-16)7-8-19-20(27-22)15-25-23(28-19)26-17-6-9-21(24-14-17)29-10-12-31-13-11-29/h6,9,14-16,18H,1-5,7-8,10-13H2,(H,27,30)(H,25,26,28). The molecule has 1 amide bonds. The minimum Gasteiger partial charge on any atom is -0.378 e. The second kappa shape index (κ2) is 9.18. The number of fused-ring (bicyclic) bond motifs is 1. The Balaban J connectivity index is 1.25. The number of hydrogen-bond acceptors (Lipinski definition) is 7. The first-order chi connectivity index (χ1) is 15.3. The number of morpholine rings is 1. The molecule has 1 saturated heterocycles. The van der Waals surface area contributed by atoms with Crippen molar-refractivity contribution in [3.05, 3.63) is 30.2 Å². The van der Waals surface area contributed by atoms with Crippen molar-refractivity contribution in [1.82, 2.24) is 15.0 Å². The van der Waals surface area contributed by atoms with Crippen LogP contribution < -0.4 is 15.5 Å². The lowest BCUT2D eigenvalue weighted by Crippen LogP contribution is -2.36. The summed E-state index contributed by atoms with van der Waals surface area (Å²) < 4.78 is 5.40. The molecular weight excluding hydrogens is 392 g/mol. The Hall–Kier alpha value is -2.74. The molecule has 1 saturated carbocycles. The van der Waals surface area contributed by atoms with Crippen molar-refractivity contribution in [3.63, 3.8) is 0 Å². The lowest BCUT2D eigenvalue weighted by atomic mass is 9.78. The Morgan fingerprint density at radius 1 is 1.03 bits per heavy atom. The summed E-state index contributed by atoms with van der Waals surface area (Å²) >= 11 is 0. The minimum absolute atomic E-state index is 0.0860. The van der Waals surface area contributed by atoms with Gasteiger partial charge in [-0.1, -0.05) is 19.3 Å². The van der Waals surface area contributed by atoms with Gasteiger partial charge in [0.1, 0.15) is 5.82 Å². The highest BCUT2D eigenvalue weighted by molar-refractivity contribution is 5.94. The third-order valence-corrected chi connectivity index (χ3v) is 6.71. The number of nitrogens with one attached hydrogen (secondary N) is 2. The van der Waals surface area contributed by atoms with E-state index in [1.165, 1.54) is 32.1 Å². The second-order valence-corrected chi connectivity index (χ2v) is 8.72. The molecule has 3 aliphatic rings. The van der Waals surface area contributed by atoms with Crippen LogP contribution in [-0.4, -0.2) is 47.2 Å². The molecule has 2 aliphatic heterocycles. The number of hydrogen-bond donors (Lipinski definition) is 2. The summed E-state index contributed by atoms with van der Waals surface area (Å²) in [7, 11) is 0. The summed E-state index contributed by atoms with van der Waals surface area (Å²) in [6.45, 7) is 3.20. The molecule has 0 spiro atoms. The number of nitrogens with zero attached hydrogens (tertiary/aromatic N) is 4. The molecule has 164 valence electrons. The fraction of sp³-hybridized carbons (Fsp3) is 0.565. The zero-order valence-electron chi connectivity index (χ0n) is 17.8. The van der Waals surface area contributed by atoms with Gasteiger partial charge in [-0.25, -0.2) is 15.0 Å². The molecule has 8 nitrogen and oxygen atoms in total. The summed E-state index contributed by atoms with van der Waals surface area (Å²) in [4.78, 5) is 28.7. The fourth-order valence-electron chi connectivity index (χ4n) is 4.98. The molecule has 1 atom stereocenters. The Labute approximate surface area is 182 Å². The van der Waals surface area contributed by atoms with Crippen molar-refractivity contribution in [2.24, 2.45) is 11.8 Å². The van der Waals surface area contributed by atoms with Crippen LogP contribution in [0, 0.1) is 11.8 Å². The predicted octanol–water partition coefficient (Wildman–Crippen LogP) is 3.53. The molecule has 2 aromatic rings. The number of aromatic nitrogens is 3. The van der Waals surface area contributed by atoms with Crippen molar-refractivity contribution in [1.29, 1.82) is 0 Å². The van der Waals surface area contributed by atoms with Crippen LogP contribution in [0.3, 0.4) is 0 Å². The molecule has 31 heavy (non-hydrogen) atoms. The number of carbonyl (C=O) groups is 1. The van der Waals surface area contributed by atoms with E-state index >= 15 is 0 Å². The fourth-order valence-corrected chi connectivity index (χ4v) is 4.98. The van der Waals surface area contributed by atoms with Crippen LogP contribution in [0.25, 0.3) is 0 Å². The largest absolute Gasteiger partial charge is 0.378 e. The van der Waals surface area contributed by atoms with Crippen LogP contribution in [-0.2, 0) is 16.0 Å². The van der Waals surface area contributed by atoms with Gasteiger partial charge in [0, 0.05) is 19.0 Å². The predicted molar refractivity (Wildman–Crippen MR) is 120 cm³/mol. The van der Waals surface area contributed by atoms with Gasteiger partial charge < -0.3 is 20.3 Å². The van der Waals surface area contributed by atoms with Gasteiger partial charge in [-0.05, 0) is 43.7 Å². The number of amides is 1. The van der Waals surface area contributed by atoms with Gasteiger partial charge in [0.2, 0.25) is 11.9 Å². The van der Waals surface area contributed by atoms with E-state index in [0.717, 1.165) is 62.0 Å². The highest BCUT2D eigenvalue weighted by Gasteiger charge is 2.32. The van der Waals surface area contributed by atoms with E-state index in [9.17, 15) is 4.79 Å². The summed E-state index contributed by atoms with van der Waals surface area (Å²) in [5.41, 5.74) is 2.49. The summed E-state index contributed by atoms with van der Waals surface area (Å²) in [6.07, 6.45) is 11.3. The van der Waals surface area contributed by atoms with Crippen molar-refractivity contribution in [3.8, 4) is 0 Å². The number of rotatable bonds is 4. The highest BCUT2D eigenvalue weighted by Crippen LogP contribution is 2.35. The molecule has 0 aromatic carbocycles. The van der Waals surface area contributed by atoms with Crippen molar-refractivity contribution in [2.75, 3.05) is 41.8 Å². The zero-order valence-corrected chi connectivity index (χ0v) is 17.8. The SMILES string of the molecule is O=C1Nc2cnc(Nc3ccc(N4CCOCC4)nc3)nc2CCC1C1CCCCC1. The molecule has 1 unspecified atom stereocenters. The maximum Gasteiger partial charge on any atom is 0.227 e. The van der Waals surface area contributed by atoms with Crippen LogP contribution >= 0.6 is 0 Å². The first-order valence-electron chi connectivity index (χ1n) is 11.5. The summed E-state index contributed by atoms with van der Waals surface area (Å²) in [5.74, 6) is 2.21. The lowest BCUT2D eigenvalue weighted by molar-refractivity contribution is -0.122. The number of ether oxygens (including phenoxy) is 1. The van der Waals surface area contributed by atoms with Gasteiger partial charge >= 0.3 is 0 Å². The molecule has 5 rings (SSSR count). The van der Waals surface area contributed by atoms with Crippen molar-refractivity contribution in [2.45, 2.75) is 44.9 Å². The second-order valence-electron chi connectivity index (χ2n) is 8.72. The average molecular weight is 423 g/mol. The molecular formula is C23H30N6O2. The highest BCUT2D eigenvalue weighted by atomic mass is 16.5. The smallest absolute Gasteiger partial charge is 0.227 e. The first kappa shape index (κ1) is 20.2. The number of anilines is 4. The maximum absolute atomic E-state index is 12.8. The quantitative estimate of drug-likeness (QED) is 0.779. The van der Waals surface area contributed by atoms with Crippen LogP contribution in [0.5, 0.6) is 0 Å². The van der Waals surface area contributed by atoms with Crippen molar-refractivity contribution < 1.29 is 9.53 Å². The van der Waals surface area contributed by atoms with Gasteiger partial charge in [0.05, 0.1) is 42.7 Å². The Morgan fingerprint density at radius 2 is 1.87 bits per heavy atom. The van der Waals surface area contributed by atoms with E-state index in [1.807, 2.05) is 12.1 Å². The van der Waals surface area contributed by atoms with E-state index in [0.29, 0.717) is 11.9 Å². The molecule has 2 fully saturated rings. The van der Waals surface area contributed by atoms with Gasteiger partial charge in [-0.2, -0.15) is 0 Å². The summed E-state index contributed by atoms with van der Waals surface area (Å²) in [5, 5.41) is 6.33. The van der Waals surface area contributed by atoms with E-state index in [1.54, 1.807) is 12.4 Å². The van der Waals surface area contributed by atoms with Gasteiger partial charge in [-0.3, -0.25) is 4.79 Å². The topological polar surface area (TPSA) is 92.3 Å². The Kier molecular flexibility index (Phi) is 5.97. The molecule has 8 heteroatoms. The monoisotopic (exact) mass is 422 g/mol. The molecule has 2 N–H and O–H groups in total. The normalized spacial score (nSPS) is 22.4. The molecule has 0 radical (unpaired) electrons. The van der Waals surface area contributed by atoms with E-state index < -0.39 is 0 Å². The van der Waals surface area contributed by atoms with E-state index in [4.69, 9.17) is 9.72 Å². The van der Waals surface area contributed by atoms with Crippen LogP contribution in [0.1, 0.15) is 44.2 Å². The molecule has 1 aliphatic carbocycles. The van der Waals surface area contributed by atoms with Gasteiger partial charge in [0.25, 0.3) is 0 Å². The summed E-state index contributed by atoms with van der Waals surface area (Å²) in [6, 6.07) is 4.00. The minimum atomic E-state index is 0.0860. The average Bonchev–Trinajstić information content (AvgIpc) is 2.98. The first-order valence-corrected chi connectivity index (χ1v) is 11.5. The van der Waals surface area contributed by atoms with E-state index in [2.05, 4.69) is 25.5 Å². The lowest BCUT2D eigenvalue weighted by Gasteiger charge is -2.28. The van der Waals surface area contributed by atoms with Crippen LogP contribution in [0.2, 0.25) is 0 Å². The Bertz CT molecular complexity index is 907. The van der Waals surface area contributed by atoms with Gasteiger partial charge in [0.15, 0.2) is 0 Å². The number of carbonyl (C=O) groups excluding carboxylic acids is 1. The van der Waals surface area contributed by atoms with Crippen molar-refractivity contribution >= 4 is 29.0 Å². The zero-order chi connectivity index (χ0) is 21.0.